The number of hydrogen-bond acceptors (Lipinski definition) is 2. The molecule has 1 aromatic heterocycles. The van der Waals surface area contributed by atoms with Crippen molar-refractivity contribution in [1.29, 1.82) is 0 Å². The van der Waals surface area contributed by atoms with E-state index < -0.39 is 0 Å². The van der Waals surface area contributed by atoms with Crippen molar-refractivity contribution in [2.45, 2.75) is 13.8 Å². The summed E-state index contributed by atoms with van der Waals surface area (Å²) in [5, 5.41) is 2.14. The number of fused-ring (bicyclic) bond motifs is 4. The highest BCUT2D eigenvalue weighted by Gasteiger charge is 2.40. The number of hydrogen-bond donors (Lipinski definition) is 0. The zero-order valence-electron chi connectivity index (χ0n) is 31.0. The SMILES string of the molecule is Cc1ccc(-c2cccc3c4cccc(-c5ccc(C)cc5)c4n(-c4cccc5c4C(=O)N(c4cc(-c6ccccc6)cc(-c6ccccc6)c4)C5=O)c23)cc1. The van der Waals surface area contributed by atoms with Gasteiger partial charge in [0.05, 0.1) is 33.5 Å². The lowest BCUT2D eigenvalue weighted by atomic mass is 9.97. The number of rotatable bonds is 6. The van der Waals surface area contributed by atoms with Gasteiger partial charge in [-0.3, -0.25) is 9.59 Å². The number of para-hydroxylation sites is 2. The van der Waals surface area contributed by atoms with Gasteiger partial charge in [-0.2, -0.15) is 0 Å². The highest BCUT2D eigenvalue weighted by Crippen LogP contribution is 2.44. The summed E-state index contributed by atoms with van der Waals surface area (Å²) in [5.74, 6) is -0.685. The third-order valence-corrected chi connectivity index (χ3v) is 11.1. The molecule has 0 spiro atoms. The molecule has 0 atom stereocenters. The van der Waals surface area contributed by atoms with Crippen LogP contribution in [0, 0.1) is 13.8 Å². The maximum Gasteiger partial charge on any atom is 0.268 e. The number of carbonyl (C=O) groups excluding carboxylic acids is 2. The van der Waals surface area contributed by atoms with E-state index in [1.807, 2.05) is 84.9 Å². The van der Waals surface area contributed by atoms with Gasteiger partial charge in [0.2, 0.25) is 0 Å². The number of carbonyl (C=O) groups is 2. The van der Waals surface area contributed by atoms with Gasteiger partial charge in [-0.1, -0.05) is 163 Å². The van der Waals surface area contributed by atoms with Crippen molar-refractivity contribution in [3.8, 4) is 50.2 Å². The van der Waals surface area contributed by atoms with Gasteiger partial charge in [0.15, 0.2) is 0 Å². The summed E-state index contributed by atoms with van der Waals surface area (Å²) >= 11 is 0. The predicted octanol–water partition coefficient (Wildman–Crippen LogP) is 12.9. The van der Waals surface area contributed by atoms with E-state index in [-0.39, 0.29) is 11.8 Å². The molecule has 10 rings (SSSR count). The van der Waals surface area contributed by atoms with E-state index in [1.54, 1.807) is 6.07 Å². The molecule has 1 aliphatic rings. The highest BCUT2D eigenvalue weighted by molar-refractivity contribution is 6.36. The molecular weight excluding hydrogens is 685 g/mol. The second-order valence-electron chi connectivity index (χ2n) is 14.6. The van der Waals surface area contributed by atoms with Crippen LogP contribution >= 0.6 is 0 Å². The summed E-state index contributed by atoms with van der Waals surface area (Å²) in [6.07, 6.45) is 0. The molecule has 0 N–H and O–H groups in total. The van der Waals surface area contributed by atoms with Crippen LogP contribution in [0.4, 0.5) is 5.69 Å². The van der Waals surface area contributed by atoms with Crippen LogP contribution in [0.1, 0.15) is 31.8 Å². The number of nitrogens with zero attached hydrogens (tertiary/aromatic N) is 2. The standard InChI is InChI=1S/C52H36N2O2/c1-33-22-26-37(27-23-33)42-16-9-18-44-45-19-10-17-43(38-28-24-34(2)25-29-38)50(45)54(49(42)44)47-21-11-20-46-48(47)52(56)53(51(46)55)41-31-39(35-12-5-3-6-13-35)30-40(32-41)36-14-7-4-8-15-36/h3-32H,1-2H3. The Morgan fingerprint density at radius 1 is 0.375 bits per heavy atom. The van der Waals surface area contributed by atoms with E-state index in [2.05, 4.69) is 109 Å². The summed E-state index contributed by atoms with van der Waals surface area (Å²) in [4.78, 5) is 31.2. The predicted molar refractivity (Wildman–Crippen MR) is 230 cm³/mol. The van der Waals surface area contributed by atoms with Crippen molar-refractivity contribution in [3.63, 3.8) is 0 Å². The third kappa shape index (κ3) is 5.38. The molecule has 266 valence electrons. The van der Waals surface area contributed by atoms with Gasteiger partial charge in [0, 0.05) is 21.9 Å². The first-order valence-corrected chi connectivity index (χ1v) is 18.9. The zero-order valence-corrected chi connectivity index (χ0v) is 31.0. The van der Waals surface area contributed by atoms with Gasteiger partial charge in [-0.15, -0.1) is 0 Å². The molecule has 0 unspecified atom stereocenters. The maximum absolute atomic E-state index is 15.2. The van der Waals surface area contributed by atoms with Gasteiger partial charge >= 0.3 is 0 Å². The van der Waals surface area contributed by atoms with E-state index in [0.29, 0.717) is 22.5 Å². The summed E-state index contributed by atoms with van der Waals surface area (Å²) in [7, 11) is 0. The van der Waals surface area contributed by atoms with Crippen LogP contribution in [-0.4, -0.2) is 16.4 Å². The van der Waals surface area contributed by atoms with Crippen LogP contribution in [0.2, 0.25) is 0 Å². The molecule has 4 heteroatoms. The molecule has 56 heavy (non-hydrogen) atoms. The number of aromatic nitrogens is 1. The van der Waals surface area contributed by atoms with E-state index >= 15 is 4.79 Å². The lowest BCUT2D eigenvalue weighted by molar-refractivity contribution is 0.0926. The first-order chi connectivity index (χ1) is 27.4. The second-order valence-corrected chi connectivity index (χ2v) is 14.6. The average molecular weight is 721 g/mol. The molecule has 2 heterocycles. The molecular formula is C52H36N2O2. The molecule has 1 aliphatic heterocycles. The average Bonchev–Trinajstić information content (AvgIpc) is 3.72. The van der Waals surface area contributed by atoms with Gasteiger partial charge in [-0.05, 0) is 77.6 Å². The maximum atomic E-state index is 15.2. The first-order valence-electron chi connectivity index (χ1n) is 18.9. The van der Waals surface area contributed by atoms with Gasteiger partial charge in [-0.25, -0.2) is 4.90 Å². The smallest absolute Gasteiger partial charge is 0.268 e. The molecule has 0 bridgehead atoms. The molecule has 0 saturated carbocycles. The normalized spacial score (nSPS) is 12.5. The third-order valence-electron chi connectivity index (χ3n) is 11.1. The number of imide groups is 1. The van der Waals surface area contributed by atoms with Crippen LogP contribution in [0.15, 0.2) is 182 Å². The molecule has 2 amide bonds. The number of amides is 2. The monoisotopic (exact) mass is 720 g/mol. The number of aryl methyl sites for hydroxylation is 2. The number of anilines is 1. The van der Waals surface area contributed by atoms with Gasteiger partial charge in [0.1, 0.15) is 0 Å². The molecule has 8 aromatic carbocycles. The lowest BCUT2D eigenvalue weighted by Crippen LogP contribution is -2.29. The Bertz CT molecular complexity index is 2840. The van der Waals surface area contributed by atoms with Crippen LogP contribution in [-0.2, 0) is 0 Å². The quantitative estimate of drug-likeness (QED) is 0.161. The highest BCUT2D eigenvalue weighted by atomic mass is 16.2. The van der Waals surface area contributed by atoms with Gasteiger partial charge < -0.3 is 4.57 Å². The summed E-state index contributed by atoms with van der Waals surface area (Å²) < 4.78 is 2.23. The minimum absolute atomic E-state index is 0.339. The fourth-order valence-corrected chi connectivity index (χ4v) is 8.31. The second kappa shape index (κ2) is 13.2. The van der Waals surface area contributed by atoms with E-state index in [9.17, 15) is 4.79 Å². The Labute approximate surface area is 325 Å². The van der Waals surface area contributed by atoms with Crippen molar-refractivity contribution in [2.24, 2.45) is 0 Å². The molecule has 0 fully saturated rings. The Balaban J connectivity index is 1.24. The van der Waals surface area contributed by atoms with Crippen molar-refractivity contribution < 1.29 is 9.59 Å². The molecule has 9 aromatic rings. The lowest BCUT2D eigenvalue weighted by Gasteiger charge is -2.18. The zero-order chi connectivity index (χ0) is 37.9. The minimum atomic E-state index is -0.347. The van der Waals surface area contributed by atoms with Crippen LogP contribution in [0.3, 0.4) is 0 Å². The minimum Gasteiger partial charge on any atom is -0.307 e. The molecule has 0 saturated heterocycles. The Morgan fingerprint density at radius 2 is 0.839 bits per heavy atom. The summed E-state index contributed by atoms with van der Waals surface area (Å²) in [6.45, 7) is 4.18. The molecule has 4 nitrogen and oxygen atoms in total. The van der Waals surface area contributed by atoms with Gasteiger partial charge in [0.25, 0.3) is 11.8 Å². The molecule has 0 radical (unpaired) electrons. The topological polar surface area (TPSA) is 42.3 Å². The summed E-state index contributed by atoms with van der Waals surface area (Å²) in [6, 6.07) is 61.9. The van der Waals surface area contributed by atoms with E-state index in [4.69, 9.17) is 0 Å². The largest absolute Gasteiger partial charge is 0.307 e. The molecule has 0 aliphatic carbocycles. The van der Waals surface area contributed by atoms with Crippen LogP contribution in [0.25, 0.3) is 72.0 Å². The Hall–Kier alpha value is -7.30. The van der Waals surface area contributed by atoms with E-state index in [1.165, 1.54) is 16.0 Å². The van der Waals surface area contributed by atoms with E-state index in [0.717, 1.165) is 66.3 Å². The fraction of sp³-hybridized carbons (Fsp3) is 0.0385. The number of benzene rings is 8. The van der Waals surface area contributed by atoms with Crippen molar-refractivity contribution >= 4 is 39.3 Å². The Kier molecular flexibility index (Phi) is 7.86. The fourth-order valence-electron chi connectivity index (χ4n) is 8.31. The van der Waals surface area contributed by atoms with Crippen molar-refractivity contribution in [3.05, 3.63) is 204 Å². The first kappa shape index (κ1) is 33.3. The van der Waals surface area contributed by atoms with Crippen LogP contribution < -0.4 is 4.90 Å². The van der Waals surface area contributed by atoms with Crippen LogP contribution in [0.5, 0.6) is 0 Å². The Morgan fingerprint density at radius 3 is 1.34 bits per heavy atom. The van der Waals surface area contributed by atoms with Crippen molar-refractivity contribution in [1.82, 2.24) is 4.57 Å². The summed E-state index contributed by atoms with van der Waals surface area (Å²) in [5.41, 5.74) is 14.4. The van der Waals surface area contributed by atoms with Crippen molar-refractivity contribution in [2.75, 3.05) is 4.90 Å².